The van der Waals surface area contributed by atoms with Gasteiger partial charge in [-0.1, -0.05) is 51.2 Å². The van der Waals surface area contributed by atoms with Gasteiger partial charge in [-0.15, -0.1) is 0 Å². The smallest absolute Gasteiger partial charge is 0.408 e. The van der Waals surface area contributed by atoms with Gasteiger partial charge < -0.3 is 34.1 Å². The summed E-state index contributed by atoms with van der Waals surface area (Å²) < 4.78 is 64.6. The topological polar surface area (TPSA) is 150 Å². The van der Waals surface area contributed by atoms with Crippen molar-refractivity contribution in [3.8, 4) is 0 Å². The first-order chi connectivity index (χ1) is 23.4. The number of esters is 1. The summed E-state index contributed by atoms with van der Waals surface area (Å²) in [6.07, 6.45) is 7.12. The Balaban J connectivity index is 2.37. The molecule has 0 bridgehead atoms. The first-order valence-corrected chi connectivity index (χ1v) is 19.0. The van der Waals surface area contributed by atoms with Crippen LogP contribution >= 0.6 is 7.60 Å². The van der Waals surface area contributed by atoms with Gasteiger partial charge in [0.05, 0.1) is 25.9 Å². The van der Waals surface area contributed by atoms with E-state index in [9.17, 15) is 23.7 Å². The molecular weight excluding hydrogens is 675 g/mol. The van der Waals surface area contributed by atoms with Crippen LogP contribution in [0.1, 0.15) is 114 Å². The molecule has 1 aliphatic rings. The van der Waals surface area contributed by atoms with Gasteiger partial charge in [0.25, 0.3) is 0 Å². The highest BCUT2D eigenvalue weighted by Gasteiger charge is 2.56. The molecule has 0 radical (unpaired) electrons. The molecule has 0 unspecified atom stereocenters. The van der Waals surface area contributed by atoms with Crippen molar-refractivity contribution in [2.24, 2.45) is 5.92 Å². The van der Waals surface area contributed by atoms with Gasteiger partial charge in [0.1, 0.15) is 17.7 Å². The first kappa shape index (κ1) is 43.1. The van der Waals surface area contributed by atoms with Crippen LogP contribution in [-0.2, 0) is 44.8 Å². The Hall–Kier alpha value is -3.09. The second kappa shape index (κ2) is 19.5. The van der Waals surface area contributed by atoms with E-state index < -0.39 is 60.0 Å². The van der Waals surface area contributed by atoms with E-state index in [1.807, 2.05) is 0 Å². The number of hydrogen-bond donors (Lipinski definition) is 2. The van der Waals surface area contributed by atoms with Crippen LogP contribution in [0.3, 0.4) is 0 Å². The Morgan fingerprint density at radius 1 is 0.980 bits per heavy atom. The molecule has 1 fully saturated rings. The maximum Gasteiger partial charge on any atom is 0.408 e. The van der Waals surface area contributed by atoms with Crippen molar-refractivity contribution in [3.05, 3.63) is 34.9 Å². The zero-order chi connectivity index (χ0) is 37.7. The minimum atomic E-state index is -5.09. The molecular formula is C35H56F2N3O9P. The van der Waals surface area contributed by atoms with Crippen molar-refractivity contribution in [1.82, 2.24) is 15.5 Å². The number of halogens is 2. The molecule has 0 saturated heterocycles. The number of alkyl carbamates (subject to hydrolysis) is 1. The zero-order valence-corrected chi connectivity index (χ0v) is 31.7. The molecule has 1 aromatic carbocycles. The molecule has 1 aliphatic carbocycles. The summed E-state index contributed by atoms with van der Waals surface area (Å²) in [5, 5.41) is 5.23. The summed E-state index contributed by atoms with van der Waals surface area (Å²) in [4.78, 5) is 54.3. The maximum atomic E-state index is 15.8. The lowest BCUT2D eigenvalue weighted by atomic mass is 9.86. The SMILES string of the molecule is CCOP(=O)(OCC)C(F)(F)c1ccc(C[C@H](NC(=O)OC(C)(C)C)C(=O)N[C@@H](CC)C(=O)N(C)CCCC2CCCCC2)cc1C(=O)OC. The van der Waals surface area contributed by atoms with Gasteiger partial charge in [0, 0.05) is 25.6 Å². The van der Waals surface area contributed by atoms with Crippen LogP contribution in [0.25, 0.3) is 0 Å². The second-order valence-corrected chi connectivity index (χ2v) is 15.6. The van der Waals surface area contributed by atoms with Crippen LogP contribution in [0.4, 0.5) is 13.6 Å². The Morgan fingerprint density at radius 3 is 2.14 bits per heavy atom. The predicted molar refractivity (Wildman–Crippen MR) is 185 cm³/mol. The van der Waals surface area contributed by atoms with E-state index in [4.69, 9.17) is 18.5 Å². The molecule has 50 heavy (non-hydrogen) atoms. The number of ether oxygens (including phenoxy) is 2. The number of nitrogens with zero attached hydrogens (tertiary/aromatic N) is 1. The van der Waals surface area contributed by atoms with Crippen molar-refractivity contribution >= 4 is 31.5 Å². The Bertz CT molecular complexity index is 1340. The van der Waals surface area contributed by atoms with Gasteiger partial charge >= 0.3 is 25.3 Å². The standard InChI is InChI=1S/C35H56F2N3O9P/c1-9-28(31(42)40(7)21-15-18-24-16-13-12-14-17-24)38-30(41)29(39-33(44)49-34(4,5)6)23-25-19-20-27(26(22-25)32(43)46-8)35(36,37)50(45,47-10-2)48-11-3/h19-20,22,24,28-29H,9-18,21,23H2,1-8H3,(H,38,41)(H,39,44)/t28-,29-/m0/s1. The van der Waals surface area contributed by atoms with E-state index in [1.165, 1.54) is 52.0 Å². The third-order valence-electron chi connectivity index (χ3n) is 8.43. The predicted octanol–water partition coefficient (Wildman–Crippen LogP) is 6.94. The first-order valence-electron chi connectivity index (χ1n) is 17.5. The fourth-order valence-corrected chi connectivity index (χ4v) is 7.49. The van der Waals surface area contributed by atoms with Gasteiger partial charge in [-0.3, -0.25) is 14.2 Å². The van der Waals surface area contributed by atoms with Crippen molar-refractivity contribution in [2.45, 2.75) is 123 Å². The Morgan fingerprint density at radius 2 is 1.60 bits per heavy atom. The van der Waals surface area contributed by atoms with E-state index in [-0.39, 0.29) is 37.5 Å². The number of hydrogen-bond acceptors (Lipinski definition) is 9. The third-order valence-corrected chi connectivity index (χ3v) is 10.6. The van der Waals surface area contributed by atoms with Crippen molar-refractivity contribution in [3.63, 3.8) is 0 Å². The Kier molecular flexibility index (Phi) is 16.8. The highest BCUT2D eigenvalue weighted by Crippen LogP contribution is 2.67. The number of rotatable bonds is 18. The quantitative estimate of drug-likeness (QED) is 0.121. The van der Waals surface area contributed by atoms with Crippen LogP contribution in [0.2, 0.25) is 0 Å². The number of amides is 3. The highest BCUT2D eigenvalue weighted by atomic mass is 31.2. The minimum absolute atomic E-state index is 0.169. The van der Waals surface area contributed by atoms with Crippen LogP contribution in [0, 0.1) is 5.92 Å². The molecule has 1 aromatic rings. The van der Waals surface area contributed by atoms with Crippen LogP contribution < -0.4 is 10.6 Å². The molecule has 15 heteroatoms. The number of carbonyl (C=O) groups is 4. The molecule has 2 rings (SSSR count). The number of carbonyl (C=O) groups excluding carboxylic acids is 4. The maximum absolute atomic E-state index is 15.8. The average molecular weight is 732 g/mol. The molecule has 2 atom stereocenters. The minimum Gasteiger partial charge on any atom is -0.465 e. The third kappa shape index (κ3) is 12.3. The van der Waals surface area contributed by atoms with E-state index in [1.54, 1.807) is 39.6 Å². The number of alkyl halides is 2. The summed E-state index contributed by atoms with van der Waals surface area (Å²) >= 11 is 0. The van der Waals surface area contributed by atoms with Crippen molar-refractivity contribution in [1.29, 1.82) is 0 Å². The lowest BCUT2D eigenvalue weighted by Crippen LogP contribution is -2.55. The molecule has 1 saturated carbocycles. The molecule has 12 nitrogen and oxygen atoms in total. The second-order valence-electron chi connectivity index (χ2n) is 13.5. The number of benzene rings is 1. The van der Waals surface area contributed by atoms with Gasteiger partial charge in [0.2, 0.25) is 11.8 Å². The number of methoxy groups -OCH3 is 1. The summed E-state index contributed by atoms with van der Waals surface area (Å²) in [7, 11) is -2.40. The van der Waals surface area contributed by atoms with Gasteiger partial charge in [-0.05, 0) is 71.4 Å². The summed E-state index contributed by atoms with van der Waals surface area (Å²) in [5.74, 6) is -1.50. The summed E-state index contributed by atoms with van der Waals surface area (Å²) in [5.41, 5.74) is -6.58. The van der Waals surface area contributed by atoms with Crippen LogP contribution in [0.15, 0.2) is 18.2 Å². The lowest BCUT2D eigenvalue weighted by Gasteiger charge is -2.28. The lowest BCUT2D eigenvalue weighted by molar-refractivity contribution is -0.136. The summed E-state index contributed by atoms with van der Waals surface area (Å²) in [6, 6.07) is 0.908. The Labute approximate surface area is 295 Å². The van der Waals surface area contributed by atoms with Crippen LogP contribution in [-0.4, -0.2) is 80.4 Å². The van der Waals surface area contributed by atoms with Gasteiger partial charge in [0.15, 0.2) is 0 Å². The van der Waals surface area contributed by atoms with Crippen molar-refractivity contribution < 1.29 is 51.0 Å². The largest absolute Gasteiger partial charge is 0.465 e. The summed E-state index contributed by atoms with van der Waals surface area (Å²) in [6.45, 7) is 9.27. The molecule has 0 aromatic heterocycles. The average Bonchev–Trinajstić information content (AvgIpc) is 3.05. The van der Waals surface area contributed by atoms with Gasteiger partial charge in [-0.2, -0.15) is 8.78 Å². The van der Waals surface area contributed by atoms with Gasteiger partial charge in [-0.25, -0.2) is 9.59 Å². The normalized spacial score (nSPS) is 15.5. The number of nitrogens with one attached hydrogen (secondary N) is 2. The van der Waals surface area contributed by atoms with Crippen molar-refractivity contribution in [2.75, 3.05) is 33.9 Å². The fourth-order valence-electron chi connectivity index (χ4n) is 5.92. The van der Waals surface area contributed by atoms with E-state index in [0.29, 0.717) is 12.5 Å². The molecule has 0 aliphatic heterocycles. The van der Waals surface area contributed by atoms with E-state index >= 15 is 8.78 Å². The number of likely N-dealkylation sites (N-methyl/N-ethyl adjacent to an activating group) is 1. The molecule has 2 N–H and O–H groups in total. The molecule has 0 heterocycles. The van der Waals surface area contributed by atoms with Crippen LogP contribution in [0.5, 0.6) is 0 Å². The molecule has 0 spiro atoms. The fraction of sp³-hybridized carbons (Fsp3) is 0.714. The zero-order valence-electron chi connectivity index (χ0n) is 30.8. The monoisotopic (exact) mass is 731 g/mol. The van der Waals surface area contributed by atoms with E-state index in [2.05, 4.69) is 10.6 Å². The molecule has 3 amide bonds. The molecule has 284 valence electrons. The van der Waals surface area contributed by atoms with E-state index in [0.717, 1.165) is 32.1 Å². The highest BCUT2D eigenvalue weighted by molar-refractivity contribution is 7.54.